The smallest absolute Gasteiger partial charge is 0.0818 e. The van der Waals surface area contributed by atoms with E-state index in [1.165, 1.54) is 5.56 Å². The second-order valence-electron chi connectivity index (χ2n) is 5.46. The zero-order chi connectivity index (χ0) is 15.1. The highest BCUT2D eigenvalue weighted by Gasteiger charge is 2.16. The van der Waals surface area contributed by atoms with Gasteiger partial charge in [-0.2, -0.15) is 0 Å². The molecule has 0 aliphatic rings. The second kappa shape index (κ2) is 9.59. The fraction of sp³-hybridized carbons (Fsp3) is 0.333. The van der Waals surface area contributed by atoms with Crippen molar-refractivity contribution >= 4 is 12.4 Å². The summed E-state index contributed by atoms with van der Waals surface area (Å²) in [4.78, 5) is 0. The van der Waals surface area contributed by atoms with Gasteiger partial charge in [-0.05, 0) is 24.5 Å². The van der Waals surface area contributed by atoms with Crippen LogP contribution in [0, 0.1) is 0 Å². The molecule has 0 amide bonds. The molecule has 3 atom stereocenters. The normalized spacial score (nSPS) is 14.7. The van der Waals surface area contributed by atoms with Crippen LogP contribution in [-0.2, 0) is 6.42 Å². The van der Waals surface area contributed by atoms with Gasteiger partial charge in [-0.15, -0.1) is 12.4 Å². The van der Waals surface area contributed by atoms with Crippen LogP contribution in [0.25, 0.3) is 0 Å². The number of nitrogens with one attached hydrogen (secondary N) is 1. The average Bonchev–Trinajstić information content (AvgIpc) is 2.54. The third-order valence-electron chi connectivity index (χ3n) is 3.74. The number of halogens is 1. The Morgan fingerprint density at radius 1 is 1.00 bits per heavy atom. The van der Waals surface area contributed by atoms with E-state index in [0.717, 1.165) is 5.56 Å². The van der Waals surface area contributed by atoms with Gasteiger partial charge in [0.15, 0.2) is 0 Å². The molecule has 120 valence electrons. The van der Waals surface area contributed by atoms with Gasteiger partial charge in [-0.25, -0.2) is 0 Å². The number of rotatable bonds is 7. The van der Waals surface area contributed by atoms with Crippen molar-refractivity contribution in [2.45, 2.75) is 31.5 Å². The highest BCUT2D eigenvalue weighted by atomic mass is 35.5. The Hall–Kier alpha value is -1.39. The number of aliphatic hydroxyl groups excluding tert-OH is 1. The number of aliphatic hydroxyl groups is 1. The topological polar surface area (TPSA) is 58.3 Å². The first-order valence-corrected chi connectivity index (χ1v) is 7.42. The van der Waals surface area contributed by atoms with E-state index >= 15 is 0 Å². The van der Waals surface area contributed by atoms with Gasteiger partial charge in [0.1, 0.15) is 0 Å². The molecule has 0 aromatic heterocycles. The lowest BCUT2D eigenvalue weighted by atomic mass is 10.0. The first-order chi connectivity index (χ1) is 10.2. The Morgan fingerprint density at radius 3 is 2.14 bits per heavy atom. The molecular weight excluding hydrogens is 296 g/mol. The molecule has 3 nitrogen and oxygen atoms in total. The van der Waals surface area contributed by atoms with Crippen molar-refractivity contribution in [1.82, 2.24) is 5.32 Å². The van der Waals surface area contributed by atoms with Crippen LogP contribution in [0.3, 0.4) is 0 Å². The van der Waals surface area contributed by atoms with Gasteiger partial charge in [0.2, 0.25) is 0 Å². The molecular formula is C18H25ClN2O. The zero-order valence-corrected chi connectivity index (χ0v) is 13.7. The average molecular weight is 321 g/mol. The Labute approximate surface area is 139 Å². The minimum atomic E-state index is -0.559. The van der Waals surface area contributed by atoms with Crippen LogP contribution in [0.2, 0.25) is 0 Å². The summed E-state index contributed by atoms with van der Waals surface area (Å²) in [7, 11) is 0. The highest BCUT2D eigenvalue weighted by Crippen LogP contribution is 2.11. The molecule has 0 spiro atoms. The third kappa shape index (κ3) is 5.78. The molecule has 2 rings (SSSR count). The van der Waals surface area contributed by atoms with Crippen LogP contribution >= 0.6 is 12.4 Å². The highest BCUT2D eigenvalue weighted by molar-refractivity contribution is 5.85. The summed E-state index contributed by atoms with van der Waals surface area (Å²) in [5.74, 6) is 0. The summed E-state index contributed by atoms with van der Waals surface area (Å²) < 4.78 is 0. The molecule has 0 unspecified atom stereocenters. The first-order valence-electron chi connectivity index (χ1n) is 7.42. The predicted octanol–water partition coefficient (Wildman–Crippen LogP) is 2.69. The maximum absolute atomic E-state index is 10.2. The Kier molecular flexibility index (Phi) is 8.13. The molecule has 2 aromatic rings. The van der Waals surface area contributed by atoms with Gasteiger partial charge in [-0.1, -0.05) is 60.7 Å². The summed E-state index contributed by atoms with van der Waals surface area (Å²) >= 11 is 0. The van der Waals surface area contributed by atoms with E-state index in [9.17, 15) is 5.11 Å². The summed E-state index contributed by atoms with van der Waals surface area (Å²) in [6.45, 7) is 2.58. The molecule has 4 N–H and O–H groups in total. The van der Waals surface area contributed by atoms with Gasteiger partial charge >= 0.3 is 0 Å². The Balaban J connectivity index is 0.00000242. The minimum Gasteiger partial charge on any atom is -0.390 e. The van der Waals surface area contributed by atoms with Crippen LogP contribution < -0.4 is 11.1 Å². The van der Waals surface area contributed by atoms with E-state index in [-0.39, 0.29) is 24.5 Å². The van der Waals surface area contributed by atoms with Crippen molar-refractivity contribution in [3.63, 3.8) is 0 Å². The van der Waals surface area contributed by atoms with Crippen LogP contribution in [0.4, 0.5) is 0 Å². The first kappa shape index (κ1) is 18.7. The molecule has 0 aliphatic carbocycles. The number of hydrogen-bond donors (Lipinski definition) is 3. The summed E-state index contributed by atoms with van der Waals surface area (Å²) in [5, 5.41) is 13.5. The predicted molar refractivity (Wildman–Crippen MR) is 94.2 cm³/mol. The van der Waals surface area contributed by atoms with Crippen LogP contribution in [0.5, 0.6) is 0 Å². The Bertz CT molecular complexity index is 521. The van der Waals surface area contributed by atoms with Gasteiger partial charge in [0.05, 0.1) is 6.10 Å². The van der Waals surface area contributed by atoms with Crippen LogP contribution in [-0.4, -0.2) is 23.8 Å². The summed E-state index contributed by atoms with van der Waals surface area (Å²) in [6.07, 6.45) is 0.125. The van der Waals surface area contributed by atoms with Gasteiger partial charge in [-0.3, -0.25) is 0 Å². The minimum absolute atomic E-state index is 0. The summed E-state index contributed by atoms with van der Waals surface area (Å²) in [6, 6.07) is 20.2. The maximum Gasteiger partial charge on any atom is 0.0818 e. The van der Waals surface area contributed by atoms with Gasteiger partial charge in [0.25, 0.3) is 0 Å². The molecule has 0 saturated heterocycles. The fourth-order valence-electron chi connectivity index (χ4n) is 2.33. The quantitative estimate of drug-likeness (QED) is 0.735. The van der Waals surface area contributed by atoms with E-state index in [2.05, 4.69) is 24.4 Å². The van der Waals surface area contributed by atoms with Crippen LogP contribution in [0.15, 0.2) is 60.7 Å². The number of nitrogens with two attached hydrogens (primary N) is 1. The zero-order valence-electron chi connectivity index (χ0n) is 12.9. The van der Waals surface area contributed by atoms with E-state index in [1.807, 2.05) is 48.5 Å². The van der Waals surface area contributed by atoms with E-state index in [1.54, 1.807) is 0 Å². The van der Waals surface area contributed by atoms with Gasteiger partial charge in [0, 0.05) is 18.6 Å². The Morgan fingerprint density at radius 2 is 1.55 bits per heavy atom. The summed E-state index contributed by atoms with van der Waals surface area (Å²) in [5.41, 5.74) is 8.45. The SMILES string of the molecule is C[C@@H](NC[C@@H](O)[C@@H](N)Cc1ccccc1)c1ccccc1.Cl. The molecule has 0 saturated carbocycles. The molecule has 4 heteroatoms. The lowest BCUT2D eigenvalue weighted by Gasteiger charge is -2.22. The molecule has 0 radical (unpaired) electrons. The third-order valence-corrected chi connectivity index (χ3v) is 3.74. The van der Waals surface area contributed by atoms with Crippen molar-refractivity contribution in [2.75, 3.05) is 6.54 Å². The van der Waals surface area contributed by atoms with E-state index in [4.69, 9.17) is 5.73 Å². The standard InChI is InChI=1S/C18H24N2O.ClH/c1-14(16-10-6-3-7-11-16)20-13-18(21)17(19)12-15-8-4-2-5-9-15;/h2-11,14,17-18,20-21H,12-13,19H2,1H3;1H/t14-,17+,18-;/m1./s1. The monoisotopic (exact) mass is 320 g/mol. The molecule has 2 aromatic carbocycles. The van der Waals surface area contributed by atoms with Crippen LogP contribution in [0.1, 0.15) is 24.1 Å². The molecule has 22 heavy (non-hydrogen) atoms. The second-order valence-corrected chi connectivity index (χ2v) is 5.46. The van der Waals surface area contributed by atoms with E-state index in [0.29, 0.717) is 13.0 Å². The molecule has 0 heterocycles. The van der Waals surface area contributed by atoms with Crippen molar-refractivity contribution in [2.24, 2.45) is 5.73 Å². The van der Waals surface area contributed by atoms with Gasteiger partial charge < -0.3 is 16.2 Å². The maximum atomic E-state index is 10.2. The van der Waals surface area contributed by atoms with E-state index < -0.39 is 6.10 Å². The van der Waals surface area contributed by atoms with Crippen molar-refractivity contribution < 1.29 is 5.11 Å². The molecule has 0 bridgehead atoms. The fourth-order valence-corrected chi connectivity index (χ4v) is 2.33. The van der Waals surface area contributed by atoms with Crippen molar-refractivity contribution in [1.29, 1.82) is 0 Å². The largest absolute Gasteiger partial charge is 0.390 e. The molecule has 0 fully saturated rings. The van der Waals surface area contributed by atoms with Crippen molar-refractivity contribution in [3.05, 3.63) is 71.8 Å². The lowest BCUT2D eigenvalue weighted by molar-refractivity contribution is 0.138. The number of hydrogen-bond acceptors (Lipinski definition) is 3. The molecule has 0 aliphatic heterocycles. The number of benzene rings is 2. The van der Waals surface area contributed by atoms with Crippen molar-refractivity contribution in [3.8, 4) is 0 Å². The lowest BCUT2D eigenvalue weighted by Crippen LogP contribution is -2.43.